The fraction of sp³-hybridized carbons (Fsp3) is 0.368. The molecular formula is C19H25FIN5O. The number of nitrogens with zero attached hydrogens (tertiary/aromatic N) is 2. The van der Waals surface area contributed by atoms with Crippen LogP contribution in [0.4, 0.5) is 4.39 Å². The molecule has 0 atom stereocenters. The van der Waals surface area contributed by atoms with Gasteiger partial charge in [-0.2, -0.15) is 0 Å². The number of hydrogen-bond acceptors (Lipinski definition) is 3. The van der Waals surface area contributed by atoms with E-state index in [9.17, 15) is 4.39 Å². The van der Waals surface area contributed by atoms with Gasteiger partial charge in [0.15, 0.2) is 11.7 Å². The molecule has 0 radical (unpaired) electrons. The Labute approximate surface area is 175 Å². The van der Waals surface area contributed by atoms with E-state index in [0.29, 0.717) is 19.0 Å². The predicted octanol–water partition coefficient (Wildman–Crippen LogP) is 3.77. The van der Waals surface area contributed by atoms with Crippen molar-refractivity contribution >= 4 is 40.8 Å². The molecule has 1 aromatic carbocycles. The summed E-state index contributed by atoms with van der Waals surface area (Å²) in [5.41, 5.74) is 2.95. The molecule has 0 aliphatic heterocycles. The third-order valence-electron chi connectivity index (χ3n) is 4.12. The molecular weight excluding hydrogens is 460 g/mol. The number of aryl methyl sites for hydroxylation is 1. The van der Waals surface area contributed by atoms with Gasteiger partial charge in [-0.3, -0.25) is 0 Å². The molecule has 3 rings (SSSR count). The van der Waals surface area contributed by atoms with Crippen LogP contribution in [0.15, 0.2) is 40.0 Å². The molecule has 0 spiro atoms. The average molecular weight is 485 g/mol. The Bertz CT molecular complexity index is 889. The number of aromatic nitrogens is 2. The van der Waals surface area contributed by atoms with E-state index in [1.54, 1.807) is 12.1 Å². The lowest BCUT2D eigenvalue weighted by Gasteiger charge is -2.10. The second-order valence-corrected chi connectivity index (χ2v) is 6.01. The summed E-state index contributed by atoms with van der Waals surface area (Å²) in [6, 6.07) is 6.71. The number of hydrogen-bond donors (Lipinski definition) is 3. The number of halogens is 2. The first-order valence-electron chi connectivity index (χ1n) is 8.91. The number of aromatic amines is 1. The predicted molar refractivity (Wildman–Crippen MR) is 116 cm³/mol. The van der Waals surface area contributed by atoms with Crippen molar-refractivity contribution < 1.29 is 8.91 Å². The molecule has 3 N–H and O–H groups in total. The topological polar surface area (TPSA) is 78.2 Å². The molecule has 2 heterocycles. The number of rotatable bonds is 7. The molecule has 146 valence electrons. The molecule has 0 amide bonds. The van der Waals surface area contributed by atoms with Gasteiger partial charge in [0.05, 0.1) is 5.69 Å². The lowest BCUT2D eigenvalue weighted by Crippen LogP contribution is -2.38. The Morgan fingerprint density at radius 2 is 2.11 bits per heavy atom. The van der Waals surface area contributed by atoms with Crippen LogP contribution in [-0.2, 0) is 19.4 Å². The molecule has 27 heavy (non-hydrogen) atoms. The van der Waals surface area contributed by atoms with Crippen molar-refractivity contribution in [2.75, 3.05) is 13.1 Å². The number of nitrogens with one attached hydrogen (secondary N) is 3. The monoisotopic (exact) mass is 485 g/mol. The molecule has 0 unspecified atom stereocenters. The Kier molecular flexibility index (Phi) is 8.08. The van der Waals surface area contributed by atoms with Crippen molar-refractivity contribution in [3.05, 3.63) is 53.3 Å². The fourth-order valence-corrected chi connectivity index (χ4v) is 2.77. The molecule has 3 aromatic rings. The maximum absolute atomic E-state index is 13.5. The fourth-order valence-electron chi connectivity index (χ4n) is 2.77. The maximum atomic E-state index is 13.5. The molecule has 0 aliphatic rings. The summed E-state index contributed by atoms with van der Waals surface area (Å²) in [7, 11) is 0. The summed E-state index contributed by atoms with van der Waals surface area (Å²) in [5.74, 6) is 1.24. The van der Waals surface area contributed by atoms with Crippen molar-refractivity contribution in [3.8, 4) is 0 Å². The number of guanidine groups is 1. The number of benzene rings is 1. The summed E-state index contributed by atoms with van der Waals surface area (Å²) < 4.78 is 18.7. The molecule has 2 aromatic heterocycles. The zero-order valence-corrected chi connectivity index (χ0v) is 17.8. The number of fused-ring (bicyclic) bond motifs is 1. The molecule has 6 nitrogen and oxygen atoms in total. The van der Waals surface area contributed by atoms with E-state index in [-0.39, 0.29) is 29.8 Å². The van der Waals surface area contributed by atoms with Gasteiger partial charge in [-0.15, -0.1) is 24.0 Å². The second kappa shape index (κ2) is 10.3. The van der Waals surface area contributed by atoms with E-state index in [1.807, 2.05) is 26.1 Å². The minimum Gasteiger partial charge on any atom is -0.361 e. The summed E-state index contributed by atoms with van der Waals surface area (Å²) in [5, 5.41) is 11.4. The second-order valence-electron chi connectivity index (χ2n) is 6.01. The highest BCUT2D eigenvalue weighted by atomic mass is 127. The van der Waals surface area contributed by atoms with Crippen LogP contribution in [0.25, 0.3) is 10.9 Å². The Hall–Kier alpha value is -2.10. The third kappa shape index (κ3) is 5.69. The highest BCUT2D eigenvalue weighted by Crippen LogP contribution is 2.19. The van der Waals surface area contributed by atoms with Crippen LogP contribution in [0.2, 0.25) is 0 Å². The quantitative estimate of drug-likeness (QED) is 0.271. The van der Waals surface area contributed by atoms with Gasteiger partial charge >= 0.3 is 0 Å². The van der Waals surface area contributed by atoms with E-state index in [1.165, 1.54) is 6.07 Å². The lowest BCUT2D eigenvalue weighted by atomic mass is 10.1. The SMILES string of the molecule is CCNC(=NCc1cc(CC)no1)NCCc1c[nH]c2ccc(F)cc12.I. The van der Waals surface area contributed by atoms with E-state index in [4.69, 9.17) is 4.52 Å². The minimum absolute atomic E-state index is 0. The first kappa shape index (κ1) is 21.2. The van der Waals surface area contributed by atoms with Crippen molar-refractivity contribution in [3.63, 3.8) is 0 Å². The van der Waals surface area contributed by atoms with Crippen molar-refractivity contribution in [2.45, 2.75) is 33.2 Å². The average Bonchev–Trinajstić information content (AvgIpc) is 3.26. The largest absolute Gasteiger partial charge is 0.361 e. The van der Waals surface area contributed by atoms with Gasteiger partial charge in [-0.25, -0.2) is 9.38 Å². The molecule has 0 aliphatic carbocycles. The van der Waals surface area contributed by atoms with Gasteiger partial charge in [-0.1, -0.05) is 12.1 Å². The van der Waals surface area contributed by atoms with Gasteiger partial charge in [0.2, 0.25) is 0 Å². The van der Waals surface area contributed by atoms with Crippen LogP contribution in [0.5, 0.6) is 0 Å². The Morgan fingerprint density at radius 1 is 1.26 bits per heavy atom. The maximum Gasteiger partial charge on any atom is 0.191 e. The van der Waals surface area contributed by atoms with E-state index < -0.39 is 0 Å². The Balaban J connectivity index is 0.00000261. The van der Waals surface area contributed by atoms with Gasteiger partial charge in [0.1, 0.15) is 12.4 Å². The van der Waals surface area contributed by atoms with Crippen LogP contribution >= 0.6 is 24.0 Å². The van der Waals surface area contributed by atoms with Crippen LogP contribution in [-0.4, -0.2) is 29.2 Å². The van der Waals surface area contributed by atoms with Gasteiger partial charge in [0.25, 0.3) is 0 Å². The Morgan fingerprint density at radius 3 is 2.85 bits per heavy atom. The molecule has 0 saturated heterocycles. The zero-order valence-electron chi connectivity index (χ0n) is 15.5. The van der Waals surface area contributed by atoms with Gasteiger partial charge < -0.3 is 20.1 Å². The van der Waals surface area contributed by atoms with Crippen molar-refractivity contribution in [1.82, 2.24) is 20.8 Å². The highest BCUT2D eigenvalue weighted by molar-refractivity contribution is 14.0. The zero-order chi connectivity index (χ0) is 18.4. The molecule has 0 fully saturated rings. The summed E-state index contributed by atoms with van der Waals surface area (Å²) in [6.07, 6.45) is 3.53. The van der Waals surface area contributed by atoms with E-state index in [0.717, 1.165) is 47.3 Å². The van der Waals surface area contributed by atoms with Crippen molar-refractivity contribution in [2.24, 2.45) is 4.99 Å². The standard InChI is InChI=1S/C19H24FN5O.HI/c1-3-15-10-16(26-25-15)12-24-19(21-4-2)22-8-7-13-11-23-18-6-5-14(20)9-17(13)18;/h5-6,9-11,23H,3-4,7-8,12H2,1-2H3,(H2,21,22,24);1H. The summed E-state index contributed by atoms with van der Waals surface area (Å²) in [6.45, 7) is 5.93. The first-order chi connectivity index (χ1) is 12.7. The van der Waals surface area contributed by atoms with Gasteiger partial charge in [0, 0.05) is 36.3 Å². The summed E-state index contributed by atoms with van der Waals surface area (Å²) in [4.78, 5) is 7.69. The highest BCUT2D eigenvalue weighted by Gasteiger charge is 2.06. The first-order valence-corrected chi connectivity index (χ1v) is 8.91. The van der Waals surface area contributed by atoms with Crippen LogP contribution < -0.4 is 10.6 Å². The van der Waals surface area contributed by atoms with Gasteiger partial charge in [-0.05, 0) is 43.5 Å². The van der Waals surface area contributed by atoms with Crippen LogP contribution in [0, 0.1) is 5.82 Å². The molecule has 0 bridgehead atoms. The van der Waals surface area contributed by atoms with E-state index >= 15 is 0 Å². The number of aliphatic imine (C=N–C) groups is 1. The summed E-state index contributed by atoms with van der Waals surface area (Å²) >= 11 is 0. The third-order valence-corrected chi connectivity index (χ3v) is 4.12. The normalized spacial score (nSPS) is 11.4. The smallest absolute Gasteiger partial charge is 0.191 e. The lowest BCUT2D eigenvalue weighted by molar-refractivity contribution is 0.379. The minimum atomic E-state index is -0.222. The van der Waals surface area contributed by atoms with Crippen LogP contribution in [0.3, 0.4) is 0 Å². The van der Waals surface area contributed by atoms with Crippen LogP contribution in [0.1, 0.15) is 30.9 Å². The molecule has 8 heteroatoms. The van der Waals surface area contributed by atoms with E-state index in [2.05, 4.69) is 25.8 Å². The van der Waals surface area contributed by atoms with Crippen molar-refractivity contribution in [1.29, 1.82) is 0 Å². The molecule has 0 saturated carbocycles. The number of H-pyrrole nitrogens is 1.